The van der Waals surface area contributed by atoms with E-state index in [1.165, 1.54) is 22.7 Å². The molecule has 0 fully saturated rings. The fraction of sp³-hybridized carbons (Fsp3) is 0.333. The molecule has 5 rings (SSSR count). The first-order valence-electron chi connectivity index (χ1n) is 10.4. The highest BCUT2D eigenvalue weighted by Gasteiger charge is 2.41. The van der Waals surface area contributed by atoms with Crippen molar-refractivity contribution in [1.82, 2.24) is 9.47 Å². The Morgan fingerprint density at radius 1 is 1.30 bits per heavy atom. The largest absolute Gasteiger partial charge is 0.356 e. The molecule has 30 heavy (non-hydrogen) atoms. The summed E-state index contributed by atoms with van der Waals surface area (Å²) in [5, 5.41) is 8.87. The molecule has 0 saturated heterocycles. The van der Waals surface area contributed by atoms with Crippen LogP contribution in [0, 0.1) is 5.92 Å². The van der Waals surface area contributed by atoms with Crippen molar-refractivity contribution in [2.24, 2.45) is 5.92 Å². The Morgan fingerprint density at radius 2 is 2.13 bits per heavy atom. The van der Waals surface area contributed by atoms with E-state index in [0.717, 1.165) is 35.5 Å². The van der Waals surface area contributed by atoms with Crippen molar-refractivity contribution >= 4 is 39.7 Å². The number of amides is 2. The van der Waals surface area contributed by atoms with Gasteiger partial charge in [0.2, 0.25) is 5.91 Å². The number of hydrogen-bond donors (Lipinski definition) is 1. The number of nitrogens with zero attached hydrogens (tertiary/aromatic N) is 2. The summed E-state index contributed by atoms with van der Waals surface area (Å²) in [5.74, 6) is 0.0358. The Bertz CT molecular complexity index is 1190. The molecule has 1 atom stereocenters. The summed E-state index contributed by atoms with van der Waals surface area (Å²) in [6.45, 7) is 7.17. The minimum Gasteiger partial charge on any atom is -0.356 e. The quantitative estimate of drug-likeness (QED) is 0.651. The smallest absolute Gasteiger partial charge is 0.259 e. The molecule has 4 heterocycles. The third-order valence-corrected chi connectivity index (χ3v) is 6.84. The average Bonchev–Trinajstić information content (AvgIpc) is 3.40. The molecule has 2 aromatic heterocycles. The summed E-state index contributed by atoms with van der Waals surface area (Å²) in [7, 11) is 0. The van der Waals surface area contributed by atoms with Gasteiger partial charge in [0.15, 0.2) is 0 Å². The number of hydrogen-bond acceptors (Lipinski definition) is 4. The molecule has 154 valence electrons. The Kier molecular flexibility index (Phi) is 4.54. The van der Waals surface area contributed by atoms with E-state index in [-0.39, 0.29) is 17.7 Å². The van der Waals surface area contributed by atoms with E-state index >= 15 is 0 Å². The number of imide groups is 1. The molecule has 0 radical (unpaired) electrons. The molecule has 2 aliphatic rings. The van der Waals surface area contributed by atoms with E-state index in [4.69, 9.17) is 0 Å². The second-order valence-corrected chi connectivity index (χ2v) is 9.36. The monoisotopic (exact) mass is 419 g/mol. The Hall–Kier alpha value is -2.86. The zero-order chi connectivity index (χ0) is 21.0. The van der Waals surface area contributed by atoms with Crippen LogP contribution in [-0.2, 0) is 16.1 Å². The van der Waals surface area contributed by atoms with Gasteiger partial charge in [-0.2, -0.15) is 11.3 Å². The lowest BCUT2D eigenvalue weighted by molar-refractivity contribution is -0.139. The van der Waals surface area contributed by atoms with Crippen molar-refractivity contribution in [2.45, 2.75) is 39.7 Å². The second kappa shape index (κ2) is 7.13. The number of aryl methyl sites for hydroxylation is 1. The highest BCUT2D eigenvalue weighted by molar-refractivity contribution is 7.08. The predicted octanol–water partition coefficient (Wildman–Crippen LogP) is 4.95. The van der Waals surface area contributed by atoms with Crippen LogP contribution in [-0.4, -0.2) is 27.8 Å². The summed E-state index contributed by atoms with van der Waals surface area (Å²) < 4.78 is 2.32. The van der Waals surface area contributed by atoms with E-state index < -0.39 is 0 Å². The average molecular weight is 420 g/mol. The van der Waals surface area contributed by atoms with Crippen LogP contribution in [0.4, 0.5) is 5.69 Å². The molecule has 0 unspecified atom stereocenters. The standard InChI is InChI=1S/C24H25N3O2S/c1-14(2)7-9-26-11-17-21(16-8-10-30-13-16)23-19(12-27(15(3)28)24(23)29)25-18-5-4-6-20(26)22(17)18/h4-6,8,10-11,13-14,21,25H,7,9,12H2,1-3H3/t21-/m0/s1. The highest BCUT2D eigenvalue weighted by Crippen LogP contribution is 2.46. The number of carbonyl (C=O) groups excluding carboxylic acids is 2. The third kappa shape index (κ3) is 2.89. The van der Waals surface area contributed by atoms with Gasteiger partial charge in [0, 0.05) is 42.4 Å². The van der Waals surface area contributed by atoms with Crippen LogP contribution in [0.25, 0.3) is 10.9 Å². The Labute approximate surface area is 180 Å². The third-order valence-electron chi connectivity index (χ3n) is 6.14. The predicted molar refractivity (Wildman–Crippen MR) is 121 cm³/mol. The molecule has 2 amide bonds. The maximum Gasteiger partial charge on any atom is 0.259 e. The summed E-state index contributed by atoms with van der Waals surface area (Å²) in [6, 6.07) is 8.38. The molecule has 3 aromatic rings. The van der Waals surface area contributed by atoms with Crippen LogP contribution in [0.1, 0.15) is 44.2 Å². The Morgan fingerprint density at radius 3 is 2.83 bits per heavy atom. The van der Waals surface area contributed by atoms with Gasteiger partial charge in [0.1, 0.15) is 0 Å². The van der Waals surface area contributed by atoms with Gasteiger partial charge in [0.05, 0.1) is 17.6 Å². The van der Waals surface area contributed by atoms with Crippen molar-refractivity contribution in [1.29, 1.82) is 0 Å². The lowest BCUT2D eigenvalue weighted by Gasteiger charge is -2.18. The second-order valence-electron chi connectivity index (χ2n) is 8.58. The molecule has 1 aromatic carbocycles. The first-order valence-corrected chi connectivity index (χ1v) is 11.4. The van der Waals surface area contributed by atoms with Crippen molar-refractivity contribution in [3.05, 3.63) is 63.6 Å². The molecular weight excluding hydrogens is 394 g/mol. The number of carbonyl (C=O) groups is 2. The first kappa shape index (κ1) is 19.1. The van der Waals surface area contributed by atoms with Crippen molar-refractivity contribution in [3.63, 3.8) is 0 Å². The van der Waals surface area contributed by atoms with E-state index in [9.17, 15) is 9.59 Å². The first-order chi connectivity index (χ1) is 14.5. The van der Waals surface area contributed by atoms with Crippen molar-refractivity contribution in [3.8, 4) is 0 Å². The maximum absolute atomic E-state index is 13.3. The van der Waals surface area contributed by atoms with Crippen LogP contribution in [0.2, 0.25) is 0 Å². The van der Waals surface area contributed by atoms with Gasteiger partial charge in [-0.1, -0.05) is 19.9 Å². The van der Waals surface area contributed by atoms with Gasteiger partial charge >= 0.3 is 0 Å². The molecule has 0 saturated carbocycles. The molecule has 2 aliphatic heterocycles. The summed E-state index contributed by atoms with van der Waals surface area (Å²) in [6.07, 6.45) is 3.31. The number of thiophene rings is 1. The number of nitrogens with one attached hydrogen (secondary N) is 1. The lowest BCUT2D eigenvalue weighted by Crippen LogP contribution is -2.33. The molecular formula is C24H25N3O2S. The van der Waals surface area contributed by atoms with Crippen molar-refractivity contribution in [2.75, 3.05) is 11.9 Å². The summed E-state index contributed by atoms with van der Waals surface area (Å²) >= 11 is 1.63. The zero-order valence-electron chi connectivity index (χ0n) is 17.4. The number of anilines is 1. The normalized spacial score (nSPS) is 18.2. The molecule has 6 heteroatoms. The van der Waals surface area contributed by atoms with Crippen LogP contribution in [0.5, 0.6) is 0 Å². The fourth-order valence-corrected chi connectivity index (χ4v) is 5.33. The minimum atomic E-state index is -0.216. The van der Waals surface area contributed by atoms with E-state index in [1.54, 1.807) is 11.3 Å². The number of benzene rings is 1. The molecule has 0 aliphatic carbocycles. The fourth-order valence-electron chi connectivity index (χ4n) is 4.64. The van der Waals surface area contributed by atoms with E-state index in [0.29, 0.717) is 18.0 Å². The SMILES string of the molecule is CC(=O)N1CC2=C(C1=O)[C@@H](c1ccsc1)c1cn(CCC(C)C)c3cccc(c13)N2. The van der Waals surface area contributed by atoms with Gasteiger partial charge in [0.25, 0.3) is 5.91 Å². The minimum absolute atomic E-state index is 0.179. The maximum atomic E-state index is 13.3. The highest BCUT2D eigenvalue weighted by atomic mass is 32.1. The van der Waals surface area contributed by atoms with E-state index in [1.807, 2.05) is 0 Å². The van der Waals surface area contributed by atoms with Gasteiger partial charge in [-0.3, -0.25) is 14.5 Å². The van der Waals surface area contributed by atoms with E-state index in [2.05, 4.69) is 65.0 Å². The van der Waals surface area contributed by atoms with Gasteiger partial charge in [-0.25, -0.2) is 0 Å². The van der Waals surface area contributed by atoms with Crippen LogP contribution >= 0.6 is 11.3 Å². The van der Waals surface area contributed by atoms with Crippen molar-refractivity contribution < 1.29 is 9.59 Å². The summed E-state index contributed by atoms with van der Waals surface area (Å²) in [4.78, 5) is 26.8. The van der Waals surface area contributed by atoms with Gasteiger partial charge in [-0.05, 0) is 52.4 Å². The van der Waals surface area contributed by atoms with Gasteiger partial charge in [-0.15, -0.1) is 0 Å². The van der Waals surface area contributed by atoms with Crippen LogP contribution < -0.4 is 5.32 Å². The molecule has 5 nitrogen and oxygen atoms in total. The zero-order valence-corrected chi connectivity index (χ0v) is 18.3. The number of rotatable bonds is 4. The van der Waals surface area contributed by atoms with Crippen LogP contribution in [0.3, 0.4) is 0 Å². The molecule has 1 N–H and O–H groups in total. The summed E-state index contributed by atoms with van der Waals surface area (Å²) in [5.41, 5.74) is 5.97. The molecule has 0 bridgehead atoms. The van der Waals surface area contributed by atoms with Gasteiger partial charge < -0.3 is 9.88 Å². The molecule has 0 spiro atoms. The van der Waals surface area contributed by atoms with Crippen LogP contribution in [0.15, 0.2) is 52.5 Å². The lowest BCUT2D eigenvalue weighted by atomic mass is 9.86. The topological polar surface area (TPSA) is 54.3 Å². The number of aromatic nitrogens is 1. The Balaban J connectivity index is 1.73.